The van der Waals surface area contributed by atoms with Crippen molar-refractivity contribution in [2.24, 2.45) is 20.5 Å². The van der Waals surface area contributed by atoms with Crippen LogP contribution in [0.25, 0.3) is 32.7 Å². The third-order valence-electron chi connectivity index (χ3n) is 9.23. The molecule has 70 heavy (non-hydrogen) atoms. The van der Waals surface area contributed by atoms with E-state index >= 15 is 0 Å². The minimum atomic E-state index is -5.11. The zero-order valence-electron chi connectivity index (χ0n) is 36.6. The molecule has 0 spiro atoms. The van der Waals surface area contributed by atoms with Crippen molar-refractivity contribution < 1.29 is 226 Å². The minimum Gasteiger partial charge on any atom is -0.506 e. The van der Waals surface area contributed by atoms with Crippen molar-refractivity contribution >= 4 is 92.0 Å². The van der Waals surface area contributed by atoms with Crippen LogP contribution in [0.15, 0.2) is 144 Å². The molecule has 21 nitrogen and oxygen atoms in total. The van der Waals surface area contributed by atoms with E-state index in [1.165, 1.54) is 60.7 Å². The molecule has 0 saturated carbocycles. The van der Waals surface area contributed by atoms with E-state index in [1.54, 1.807) is 18.2 Å². The second-order valence-electron chi connectivity index (χ2n) is 13.5. The molecule has 0 unspecified atom stereocenters. The summed E-state index contributed by atoms with van der Waals surface area (Å²) in [6.07, 6.45) is 0. The van der Waals surface area contributed by atoms with Crippen LogP contribution < -0.4 is 128 Å². The SMILES string of the molecule is O=C(O)COc1ccc(Nc2ccc3c(O)c(N=Nc4ccc(-c5ccc(N=Nc6c(S(=O)(=O)O)cc7cccc(S(=O)(=O)O)c7c6O)c(O)c5)cc4O)c(S(=O)(=O)O)cc3c2)cc1.[Cu].[Cu].[Na+].[Na+].[Na+].[Na+]. The van der Waals surface area contributed by atoms with Crippen molar-refractivity contribution in [2.75, 3.05) is 11.9 Å². The van der Waals surface area contributed by atoms with Crippen LogP contribution in [0.3, 0.4) is 0 Å². The van der Waals surface area contributed by atoms with Crippen LogP contribution in [0, 0.1) is 0 Å². The molecule has 0 aliphatic heterocycles. The van der Waals surface area contributed by atoms with Gasteiger partial charge in [0.15, 0.2) is 18.1 Å². The van der Waals surface area contributed by atoms with Gasteiger partial charge >= 0.3 is 124 Å². The molecular formula is C40H29Cu2N5Na4O16S3+4. The molecule has 0 aliphatic rings. The number of rotatable bonds is 13. The normalized spacial score (nSPS) is 11.3. The smallest absolute Gasteiger partial charge is 0.506 e. The average Bonchev–Trinajstić information content (AvgIpc) is 3.22. The summed E-state index contributed by atoms with van der Waals surface area (Å²) in [5.41, 5.74) is -0.575. The number of hydrogen-bond donors (Lipinski definition) is 9. The number of hydrogen-bond acceptors (Lipinski definition) is 17. The zero-order valence-corrected chi connectivity index (χ0v) is 48.9. The van der Waals surface area contributed by atoms with E-state index in [1.807, 2.05) is 0 Å². The first-order valence-corrected chi connectivity index (χ1v) is 22.1. The van der Waals surface area contributed by atoms with Gasteiger partial charge in [0, 0.05) is 56.3 Å². The Balaban J connectivity index is 0.00000408. The molecule has 30 heteroatoms. The number of phenolic OH excluding ortho intramolecular Hbond substituents is 4. The topological polar surface area (TPSA) is 352 Å². The van der Waals surface area contributed by atoms with E-state index < -0.39 is 97.4 Å². The maximum Gasteiger partial charge on any atom is 1.00 e. The van der Waals surface area contributed by atoms with Gasteiger partial charge in [-0.3, -0.25) is 13.7 Å². The largest absolute Gasteiger partial charge is 1.00 e. The summed E-state index contributed by atoms with van der Waals surface area (Å²) in [6, 6.07) is 23.5. The summed E-state index contributed by atoms with van der Waals surface area (Å²) in [4.78, 5) is 8.17. The van der Waals surface area contributed by atoms with Crippen molar-refractivity contribution in [1.82, 2.24) is 0 Å². The molecule has 7 aromatic carbocycles. The van der Waals surface area contributed by atoms with E-state index in [9.17, 15) is 64.1 Å². The first-order chi connectivity index (χ1) is 30.1. The van der Waals surface area contributed by atoms with Gasteiger partial charge in [0.2, 0.25) is 0 Å². The van der Waals surface area contributed by atoms with Gasteiger partial charge in [-0.15, -0.1) is 20.5 Å². The van der Waals surface area contributed by atoms with Crippen molar-refractivity contribution in [3.63, 3.8) is 0 Å². The quantitative estimate of drug-likeness (QED) is 0.0305. The van der Waals surface area contributed by atoms with Crippen LogP contribution in [0.5, 0.6) is 28.7 Å². The van der Waals surface area contributed by atoms with E-state index in [4.69, 9.17) is 9.84 Å². The molecule has 0 heterocycles. The number of anilines is 2. The number of aliphatic carboxylic acids is 1. The molecule has 0 atom stereocenters. The van der Waals surface area contributed by atoms with Crippen molar-refractivity contribution in [3.8, 4) is 39.9 Å². The van der Waals surface area contributed by atoms with Crippen LogP contribution in [-0.2, 0) is 69.3 Å². The Morgan fingerprint density at radius 3 is 1.47 bits per heavy atom. The Bertz CT molecular complexity index is 3510. The molecule has 7 aromatic rings. The molecule has 0 amide bonds. The summed E-state index contributed by atoms with van der Waals surface area (Å²) in [5, 5.41) is 70.3. The number of nitrogens with one attached hydrogen (secondary N) is 1. The summed E-state index contributed by atoms with van der Waals surface area (Å²) in [5.74, 6) is -3.66. The van der Waals surface area contributed by atoms with Crippen molar-refractivity contribution in [3.05, 3.63) is 109 Å². The van der Waals surface area contributed by atoms with E-state index in [2.05, 4.69) is 25.8 Å². The molecule has 7 rings (SSSR count). The monoisotopic (exact) mass is 1150 g/mol. The van der Waals surface area contributed by atoms with Crippen LogP contribution in [0.2, 0.25) is 0 Å². The third-order valence-corrected chi connectivity index (χ3v) is 11.9. The molecule has 9 N–H and O–H groups in total. The molecule has 0 aliphatic carbocycles. The van der Waals surface area contributed by atoms with Gasteiger partial charge in [-0.1, -0.05) is 24.3 Å². The number of carboxylic acids is 1. The number of phenols is 4. The first kappa shape index (κ1) is 65.3. The number of nitrogens with zero attached hydrogens (tertiary/aromatic N) is 4. The maximum atomic E-state index is 12.5. The fourth-order valence-electron chi connectivity index (χ4n) is 6.33. The summed E-state index contributed by atoms with van der Waals surface area (Å²) < 4.78 is 108. The molecule has 0 saturated heterocycles. The van der Waals surface area contributed by atoms with Gasteiger partial charge in [-0.2, -0.15) is 25.3 Å². The average molecular weight is 1150 g/mol. The fraction of sp³-hybridized carbons (Fsp3) is 0.0250. The maximum absolute atomic E-state index is 12.5. The molecule has 350 valence electrons. The number of benzene rings is 7. The van der Waals surface area contributed by atoms with Gasteiger partial charge in [0.25, 0.3) is 30.4 Å². The molecule has 0 fully saturated rings. The predicted octanol–water partition coefficient (Wildman–Crippen LogP) is -3.73. The Kier molecular flexibility index (Phi) is 24.7. The Labute approximate surface area is 507 Å². The molecular weight excluding hydrogens is 1120 g/mol. The van der Waals surface area contributed by atoms with Crippen molar-refractivity contribution in [1.29, 1.82) is 0 Å². The molecule has 2 radical (unpaired) electrons. The minimum absolute atomic E-state index is 0. The predicted molar refractivity (Wildman–Crippen MR) is 227 cm³/mol. The first-order valence-electron chi connectivity index (χ1n) is 17.8. The van der Waals surface area contributed by atoms with Crippen molar-refractivity contribution in [2.45, 2.75) is 14.7 Å². The van der Waals surface area contributed by atoms with E-state index in [0.717, 1.165) is 30.3 Å². The van der Waals surface area contributed by atoms with E-state index in [-0.39, 0.29) is 191 Å². The Hall–Kier alpha value is -2.70. The number of ether oxygens (including phenoxy) is 1. The number of carbonyl (C=O) groups is 1. The molecule has 0 aromatic heterocycles. The van der Waals surface area contributed by atoms with Gasteiger partial charge in [-0.25, -0.2) is 4.79 Å². The van der Waals surface area contributed by atoms with Gasteiger partial charge in [-0.05, 0) is 107 Å². The number of carboxylic acid groups (broad SMARTS) is 1. The van der Waals surface area contributed by atoms with Gasteiger partial charge < -0.3 is 35.6 Å². The Morgan fingerprint density at radius 2 is 1.00 bits per heavy atom. The van der Waals surface area contributed by atoms with Gasteiger partial charge in [0.1, 0.15) is 54.7 Å². The fourth-order valence-corrected chi connectivity index (χ4v) is 8.36. The van der Waals surface area contributed by atoms with Gasteiger partial charge in [0.05, 0.1) is 0 Å². The zero-order chi connectivity index (χ0) is 46.3. The van der Waals surface area contributed by atoms with E-state index in [0.29, 0.717) is 17.1 Å². The van der Waals surface area contributed by atoms with Crippen LogP contribution in [-0.4, -0.2) is 77.0 Å². The third kappa shape index (κ3) is 15.2. The molecule has 0 bridgehead atoms. The summed E-state index contributed by atoms with van der Waals surface area (Å²) in [6.45, 7) is -0.527. The van der Waals surface area contributed by atoms with Crippen LogP contribution in [0.4, 0.5) is 34.1 Å². The number of aromatic hydroxyl groups is 4. The second kappa shape index (κ2) is 26.5. The number of fused-ring (bicyclic) bond motifs is 2. The van der Waals surface area contributed by atoms with Crippen LogP contribution in [0.1, 0.15) is 0 Å². The second-order valence-corrected chi connectivity index (χ2v) is 17.7. The van der Waals surface area contributed by atoms with Crippen LogP contribution >= 0.6 is 0 Å². The summed E-state index contributed by atoms with van der Waals surface area (Å²) >= 11 is 0. The standard InChI is InChI=1S/C40H29N5O16S3.2Cu.4Na/c46-30-15-20(21-5-13-29(31(47)16-21)43-45-38-33(63(55,56)57)17-22-2-1-3-32(62(52,53)54)36(22)40(38)51)4-12-28(30)42-44-37-34(64(58,59)60)18-23-14-25(8-11-27(23)39(37)50)41-24-6-9-26(10-7-24)61-19-35(48)49;;;;;;/h1-18,41,46-47,50-51H,19H2,(H,48,49)(H,52,53,54)(H,55,56,57)(H,58,59,60);;;;;;/q;;;4*+1. The Morgan fingerprint density at radius 1 is 0.529 bits per heavy atom. The summed E-state index contributed by atoms with van der Waals surface area (Å²) in [7, 11) is -15.1. The number of azo groups is 2.